The second kappa shape index (κ2) is 13.6. The molecular formula is C28H33ClF7N3O2. The maximum Gasteiger partial charge on any atom is 0.416 e. The predicted molar refractivity (Wildman–Crippen MR) is 141 cm³/mol. The zero-order valence-electron chi connectivity index (χ0n) is 22.5. The maximum atomic E-state index is 13.8. The largest absolute Gasteiger partial charge is 0.416 e. The van der Waals surface area contributed by atoms with Crippen LogP contribution in [0.25, 0.3) is 0 Å². The first kappa shape index (κ1) is 32.9. The van der Waals surface area contributed by atoms with Crippen LogP contribution in [-0.2, 0) is 23.5 Å². The Labute approximate surface area is 240 Å². The number of ether oxygens (including phenoxy) is 1. The van der Waals surface area contributed by atoms with Crippen molar-refractivity contribution in [3.63, 3.8) is 0 Å². The Morgan fingerprint density at radius 3 is 2.20 bits per heavy atom. The first-order valence-electron chi connectivity index (χ1n) is 13.2. The molecular weight excluding hydrogens is 579 g/mol. The summed E-state index contributed by atoms with van der Waals surface area (Å²) in [6, 6.07) is 5.50. The maximum absolute atomic E-state index is 13.8. The molecule has 0 aliphatic carbocycles. The van der Waals surface area contributed by atoms with Crippen molar-refractivity contribution >= 4 is 18.4 Å². The smallest absolute Gasteiger partial charge is 0.379 e. The number of nitrogens with zero attached hydrogens (tertiary/aromatic N) is 2. The SMILES string of the molecule is Cc1cc(F)ccc1[C@H]1C[C@H](N2CCOCC2)CCN1C(=O)NCCCc1cc(C(F)(F)F)cc(C(F)(F)F)c1.Cl. The number of aryl methyl sites for hydroxylation is 2. The molecule has 0 bridgehead atoms. The van der Waals surface area contributed by atoms with Crippen LogP contribution in [0.4, 0.5) is 35.5 Å². The molecule has 228 valence electrons. The molecule has 0 unspecified atom stereocenters. The monoisotopic (exact) mass is 611 g/mol. The molecule has 0 aromatic heterocycles. The van der Waals surface area contributed by atoms with Gasteiger partial charge in [0.2, 0.25) is 0 Å². The van der Waals surface area contributed by atoms with Gasteiger partial charge in [0.1, 0.15) is 5.82 Å². The Bertz CT molecular complexity index is 1150. The third-order valence-electron chi connectivity index (χ3n) is 7.55. The second-order valence-electron chi connectivity index (χ2n) is 10.3. The first-order chi connectivity index (χ1) is 18.8. The molecule has 0 saturated carbocycles. The Morgan fingerprint density at radius 2 is 1.61 bits per heavy atom. The normalized spacial score (nSPS) is 20.4. The summed E-state index contributed by atoms with van der Waals surface area (Å²) >= 11 is 0. The number of urea groups is 1. The van der Waals surface area contributed by atoms with Crippen LogP contribution in [0.2, 0.25) is 0 Å². The van der Waals surface area contributed by atoms with Crippen LogP contribution in [0.3, 0.4) is 0 Å². The lowest BCUT2D eigenvalue weighted by molar-refractivity contribution is -0.143. The summed E-state index contributed by atoms with van der Waals surface area (Å²) in [5, 5.41) is 2.77. The van der Waals surface area contributed by atoms with Crippen molar-refractivity contribution in [2.45, 2.75) is 57.0 Å². The number of benzene rings is 2. The summed E-state index contributed by atoms with van der Waals surface area (Å²) in [6.45, 7) is 5.15. The van der Waals surface area contributed by atoms with E-state index in [0.717, 1.165) is 30.6 Å². The van der Waals surface area contributed by atoms with Gasteiger partial charge >= 0.3 is 18.4 Å². The van der Waals surface area contributed by atoms with Gasteiger partial charge in [0.15, 0.2) is 0 Å². The number of carbonyl (C=O) groups is 1. The highest BCUT2D eigenvalue weighted by molar-refractivity contribution is 5.85. The van der Waals surface area contributed by atoms with Crippen LogP contribution >= 0.6 is 12.4 Å². The van der Waals surface area contributed by atoms with E-state index in [1.165, 1.54) is 12.1 Å². The van der Waals surface area contributed by atoms with Gasteiger partial charge in [0, 0.05) is 32.2 Å². The van der Waals surface area contributed by atoms with E-state index < -0.39 is 23.5 Å². The summed E-state index contributed by atoms with van der Waals surface area (Å²) in [6.07, 6.45) is -8.38. The van der Waals surface area contributed by atoms with Crippen LogP contribution in [0.15, 0.2) is 36.4 Å². The molecule has 2 aromatic rings. The van der Waals surface area contributed by atoms with Gasteiger partial charge in [-0.1, -0.05) is 6.07 Å². The zero-order chi connectivity index (χ0) is 29.1. The summed E-state index contributed by atoms with van der Waals surface area (Å²) < 4.78 is 98.2. The lowest BCUT2D eigenvalue weighted by atomic mass is 9.88. The average molecular weight is 612 g/mol. The molecule has 2 aromatic carbocycles. The summed E-state index contributed by atoms with van der Waals surface area (Å²) in [7, 11) is 0. The number of hydrogen-bond donors (Lipinski definition) is 1. The minimum atomic E-state index is -4.91. The quantitative estimate of drug-likeness (QED) is 0.290. The topological polar surface area (TPSA) is 44.8 Å². The zero-order valence-corrected chi connectivity index (χ0v) is 23.3. The Kier molecular flexibility index (Phi) is 10.9. The fourth-order valence-electron chi connectivity index (χ4n) is 5.52. The Hall–Kier alpha value is -2.57. The molecule has 2 amide bonds. The van der Waals surface area contributed by atoms with Gasteiger partial charge in [-0.2, -0.15) is 26.3 Å². The highest BCUT2D eigenvalue weighted by Crippen LogP contribution is 2.37. The molecule has 4 rings (SSSR count). The number of morpholine rings is 1. The fraction of sp³-hybridized carbons (Fsp3) is 0.536. The second-order valence-corrected chi connectivity index (χ2v) is 10.3. The summed E-state index contributed by atoms with van der Waals surface area (Å²) in [5.74, 6) is -0.374. The van der Waals surface area contributed by atoms with Gasteiger partial charge < -0.3 is 15.0 Å². The number of nitrogens with one attached hydrogen (secondary N) is 1. The van der Waals surface area contributed by atoms with E-state index >= 15 is 0 Å². The van der Waals surface area contributed by atoms with Crippen LogP contribution in [0, 0.1) is 12.7 Å². The number of halogens is 8. The van der Waals surface area contributed by atoms with Crippen LogP contribution in [-0.4, -0.2) is 61.3 Å². The fourth-order valence-corrected chi connectivity index (χ4v) is 5.52. The standard InChI is InChI=1S/C28H32F7N3O2.ClH/c1-18-13-22(29)4-5-24(18)25-17-23(37-9-11-40-12-10-37)6-8-38(25)26(39)36-7-2-3-19-14-20(27(30,31)32)16-21(15-19)28(33,34)35;/h4-5,13-16,23,25H,2-3,6-12,17H2,1H3,(H,36,39);1H/t23-,25-;/m1./s1. The van der Waals surface area contributed by atoms with Crippen LogP contribution in [0.1, 0.15) is 53.1 Å². The predicted octanol–water partition coefficient (Wildman–Crippen LogP) is 6.77. The van der Waals surface area contributed by atoms with Crippen molar-refractivity contribution in [3.8, 4) is 0 Å². The molecule has 5 nitrogen and oxygen atoms in total. The van der Waals surface area contributed by atoms with E-state index in [1.54, 1.807) is 17.9 Å². The number of piperidine rings is 1. The highest BCUT2D eigenvalue weighted by Gasteiger charge is 2.38. The van der Waals surface area contributed by atoms with Crippen molar-refractivity contribution in [2.75, 3.05) is 39.4 Å². The van der Waals surface area contributed by atoms with E-state index in [0.29, 0.717) is 38.3 Å². The van der Waals surface area contributed by atoms with Gasteiger partial charge in [0.05, 0.1) is 30.4 Å². The molecule has 1 N–H and O–H groups in total. The lowest BCUT2D eigenvalue weighted by Gasteiger charge is -2.45. The molecule has 0 spiro atoms. The molecule has 0 radical (unpaired) electrons. The summed E-state index contributed by atoms with van der Waals surface area (Å²) in [4.78, 5) is 17.3. The highest BCUT2D eigenvalue weighted by atomic mass is 35.5. The minimum Gasteiger partial charge on any atom is -0.379 e. The van der Waals surface area contributed by atoms with Crippen molar-refractivity contribution in [3.05, 3.63) is 70.0 Å². The van der Waals surface area contributed by atoms with E-state index in [4.69, 9.17) is 4.74 Å². The molecule has 2 saturated heterocycles. The van der Waals surface area contributed by atoms with Crippen molar-refractivity contribution in [1.82, 2.24) is 15.1 Å². The minimum absolute atomic E-state index is 0. The molecule has 2 aliphatic rings. The van der Waals surface area contributed by atoms with Gasteiger partial charge in [-0.25, -0.2) is 9.18 Å². The van der Waals surface area contributed by atoms with Gasteiger partial charge in [-0.3, -0.25) is 4.90 Å². The number of rotatable bonds is 6. The van der Waals surface area contributed by atoms with E-state index in [9.17, 15) is 35.5 Å². The van der Waals surface area contributed by atoms with Crippen molar-refractivity contribution in [1.29, 1.82) is 0 Å². The third-order valence-corrected chi connectivity index (χ3v) is 7.55. The van der Waals surface area contributed by atoms with Gasteiger partial charge in [0.25, 0.3) is 0 Å². The number of hydrogen-bond acceptors (Lipinski definition) is 3. The van der Waals surface area contributed by atoms with E-state index in [2.05, 4.69) is 10.2 Å². The van der Waals surface area contributed by atoms with Crippen molar-refractivity contribution in [2.24, 2.45) is 0 Å². The lowest BCUT2D eigenvalue weighted by Crippen LogP contribution is -2.53. The number of carbonyl (C=O) groups excluding carboxylic acids is 1. The average Bonchev–Trinajstić information content (AvgIpc) is 2.90. The number of amides is 2. The Morgan fingerprint density at radius 1 is 0.976 bits per heavy atom. The molecule has 2 aliphatic heterocycles. The van der Waals surface area contributed by atoms with Crippen LogP contribution in [0.5, 0.6) is 0 Å². The first-order valence-corrected chi connectivity index (χ1v) is 13.2. The molecule has 41 heavy (non-hydrogen) atoms. The summed E-state index contributed by atoms with van der Waals surface area (Å²) in [5.41, 5.74) is -1.28. The third kappa shape index (κ3) is 8.48. The van der Waals surface area contributed by atoms with Gasteiger partial charge in [-0.15, -0.1) is 12.4 Å². The molecule has 2 atom stereocenters. The number of alkyl halides is 6. The van der Waals surface area contributed by atoms with Crippen molar-refractivity contribution < 1.29 is 40.3 Å². The van der Waals surface area contributed by atoms with E-state index in [1.807, 2.05) is 0 Å². The molecule has 2 heterocycles. The van der Waals surface area contributed by atoms with E-state index in [-0.39, 0.29) is 67.4 Å². The van der Waals surface area contributed by atoms with Crippen LogP contribution < -0.4 is 5.32 Å². The Balaban J connectivity index is 0.00000462. The molecule has 2 fully saturated rings. The number of likely N-dealkylation sites (tertiary alicyclic amines) is 1. The van der Waals surface area contributed by atoms with Gasteiger partial charge in [-0.05, 0) is 79.6 Å². The molecule has 13 heteroatoms.